The van der Waals surface area contributed by atoms with Gasteiger partial charge >= 0.3 is 0 Å². The highest BCUT2D eigenvalue weighted by Crippen LogP contribution is 2.31. The second-order valence-corrected chi connectivity index (χ2v) is 8.92. The summed E-state index contributed by atoms with van der Waals surface area (Å²) in [7, 11) is -3.83. The van der Waals surface area contributed by atoms with Crippen LogP contribution < -0.4 is 0 Å². The van der Waals surface area contributed by atoms with Crippen LogP contribution in [0.25, 0.3) is 0 Å². The lowest BCUT2D eigenvalue weighted by atomic mass is 10.1. The zero-order valence-corrected chi connectivity index (χ0v) is 17.3. The van der Waals surface area contributed by atoms with Crippen molar-refractivity contribution in [2.24, 2.45) is 0 Å². The fourth-order valence-electron chi connectivity index (χ4n) is 3.26. The number of hydrogen-bond donors (Lipinski definition) is 0. The van der Waals surface area contributed by atoms with Gasteiger partial charge in [0.05, 0.1) is 10.5 Å². The number of carbonyl (C=O) groups excluding carboxylic acids is 1. The molecule has 0 spiro atoms. The van der Waals surface area contributed by atoms with Crippen molar-refractivity contribution in [3.8, 4) is 0 Å². The van der Waals surface area contributed by atoms with Crippen LogP contribution in [0, 0.1) is 11.6 Å². The number of rotatable bonds is 8. The first-order chi connectivity index (χ1) is 13.8. The molecule has 0 unspecified atom stereocenters. The Morgan fingerprint density at radius 3 is 2.28 bits per heavy atom. The second kappa shape index (κ2) is 8.59. The van der Waals surface area contributed by atoms with Gasteiger partial charge in [0.15, 0.2) is 0 Å². The van der Waals surface area contributed by atoms with E-state index in [1.54, 1.807) is 32.0 Å². The zero-order valence-electron chi connectivity index (χ0n) is 16.4. The minimum Gasteiger partial charge on any atom is -0.331 e. The molecule has 0 aliphatic heterocycles. The molecule has 2 aromatic carbocycles. The summed E-state index contributed by atoms with van der Waals surface area (Å²) >= 11 is 0. The number of halogens is 2. The molecule has 156 valence electrons. The van der Waals surface area contributed by atoms with Crippen LogP contribution >= 0.6 is 0 Å². The number of benzene rings is 2. The van der Waals surface area contributed by atoms with E-state index < -0.39 is 27.6 Å². The van der Waals surface area contributed by atoms with Gasteiger partial charge in [-0.05, 0) is 37.1 Å². The molecule has 8 heteroatoms. The van der Waals surface area contributed by atoms with Crippen LogP contribution in [0.5, 0.6) is 0 Å². The van der Waals surface area contributed by atoms with E-state index in [2.05, 4.69) is 0 Å². The van der Waals surface area contributed by atoms with Gasteiger partial charge in [-0.25, -0.2) is 17.2 Å². The first-order valence-corrected chi connectivity index (χ1v) is 11.1. The molecule has 2 aromatic rings. The lowest BCUT2D eigenvalue weighted by molar-refractivity contribution is 0.0723. The molecule has 0 atom stereocenters. The Bertz CT molecular complexity index is 1000. The van der Waals surface area contributed by atoms with E-state index in [0.29, 0.717) is 5.56 Å². The van der Waals surface area contributed by atoms with E-state index in [1.807, 2.05) is 0 Å². The van der Waals surface area contributed by atoms with E-state index in [9.17, 15) is 22.0 Å². The van der Waals surface area contributed by atoms with Crippen LogP contribution in [0.1, 0.15) is 42.6 Å². The number of carbonyl (C=O) groups is 1. The molecule has 1 aliphatic carbocycles. The Balaban J connectivity index is 1.96. The average Bonchev–Trinajstić information content (AvgIpc) is 3.53. The largest absolute Gasteiger partial charge is 0.331 e. The fraction of sp³-hybridized carbons (Fsp3) is 0.381. The maximum Gasteiger partial charge on any atom is 0.257 e. The van der Waals surface area contributed by atoms with Crippen molar-refractivity contribution in [1.29, 1.82) is 0 Å². The predicted octanol–water partition coefficient (Wildman–Crippen LogP) is 3.80. The molecule has 0 aromatic heterocycles. The third-order valence-electron chi connectivity index (χ3n) is 5.06. The number of sulfonamides is 1. The molecule has 0 heterocycles. The van der Waals surface area contributed by atoms with Crippen molar-refractivity contribution in [3.63, 3.8) is 0 Å². The minimum absolute atomic E-state index is 0.00262. The van der Waals surface area contributed by atoms with E-state index in [-0.39, 0.29) is 36.1 Å². The van der Waals surface area contributed by atoms with Gasteiger partial charge in [-0.2, -0.15) is 4.31 Å². The minimum atomic E-state index is -3.83. The molecule has 0 bridgehead atoms. The summed E-state index contributed by atoms with van der Waals surface area (Å²) in [4.78, 5) is 14.4. The molecule has 1 amide bonds. The van der Waals surface area contributed by atoms with E-state index in [1.165, 1.54) is 15.3 Å². The number of amides is 1. The molecular weight excluding hydrogens is 398 g/mol. The van der Waals surface area contributed by atoms with Crippen LogP contribution in [-0.4, -0.2) is 42.7 Å². The maximum absolute atomic E-state index is 14.5. The quantitative estimate of drug-likeness (QED) is 0.650. The first kappa shape index (κ1) is 21.4. The lowest BCUT2D eigenvalue weighted by Gasteiger charge is -2.24. The normalized spacial score (nSPS) is 14.2. The van der Waals surface area contributed by atoms with E-state index in [4.69, 9.17) is 0 Å². The fourth-order valence-corrected chi connectivity index (χ4v) is 4.74. The van der Waals surface area contributed by atoms with Crippen molar-refractivity contribution >= 4 is 15.9 Å². The molecule has 0 radical (unpaired) electrons. The van der Waals surface area contributed by atoms with Crippen LogP contribution in [0.3, 0.4) is 0 Å². The van der Waals surface area contributed by atoms with E-state index in [0.717, 1.165) is 31.0 Å². The SMILES string of the molecule is CCN(CC)S(=O)(=O)c1ccc(F)c(C(=O)N(Cc2ccccc2F)C2CC2)c1. The Labute approximate surface area is 170 Å². The molecule has 29 heavy (non-hydrogen) atoms. The van der Waals surface area contributed by atoms with Crippen molar-refractivity contribution in [2.45, 2.75) is 44.2 Å². The van der Waals surface area contributed by atoms with Crippen molar-refractivity contribution in [2.75, 3.05) is 13.1 Å². The van der Waals surface area contributed by atoms with Gasteiger partial charge in [-0.15, -0.1) is 0 Å². The van der Waals surface area contributed by atoms with Crippen LogP contribution in [0.15, 0.2) is 47.4 Å². The molecule has 1 fully saturated rings. The summed E-state index contributed by atoms with van der Waals surface area (Å²) in [5, 5.41) is 0. The van der Waals surface area contributed by atoms with Gasteiger partial charge in [-0.3, -0.25) is 4.79 Å². The Kier molecular flexibility index (Phi) is 6.33. The summed E-state index contributed by atoms with van der Waals surface area (Å²) < 4.78 is 55.3. The first-order valence-electron chi connectivity index (χ1n) is 9.63. The number of nitrogens with zero attached hydrogens (tertiary/aromatic N) is 2. The summed E-state index contributed by atoms with van der Waals surface area (Å²) in [6.45, 7) is 3.95. The van der Waals surface area contributed by atoms with Crippen LogP contribution in [0.2, 0.25) is 0 Å². The van der Waals surface area contributed by atoms with Gasteiger partial charge in [0.1, 0.15) is 11.6 Å². The van der Waals surface area contributed by atoms with Gasteiger partial charge < -0.3 is 4.90 Å². The highest BCUT2D eigenvalue weighted by molar-refractivity contribution is 7.89. The molecule has 0 saturated heterocycles. The third-order valence-corrected chi connectivity index (χ3v) is 7.10. The molecule has 5 nitrogen and oxygen atoms in total. The van der Waals surface area contributed by atoms with Crippen LogP contribution in [0.4, 0.5) is 8.78 Å². The second-order valence-electron chi connectivity index (χ2n) is 6.99. The van der Waals surface area contributed by atoms with Gasteiger partial charge in [0.25, 0.3) is 5.91 Å². The molecule has 3 rings (SSSR count). The maximum atomic E-state index is 14.5. The number of hydrogen-bond acceptors (Lipinski definition) is 3. The van der Waals surface area contributed by atoms with Gasteiger partial charge in [0, 0.05) is 31.2 Å². The monoisotopic (exact) mass is 422 g/mol. The Hall–Kier alpha value is -2.32. The molecule has 1 saturated carbocycles. The third kappa shape index (κ3) is 4.48. The smallest absolute Gasteiger partial charge is 0.257 e. The van der Waals surface area contributed by atoms with Crippen LogP contribution in [-0.2, 0) is 16.6 Å². The summed E-state index contributed by atoms with van der Waals surface area (Å²) in [5.74, 6) is -1.87. The summed E-state index contributed by atoms with van der Waals surface area (Å²) in [5.41, 5.74) is 0.0153. The molecular formula is C21H24F2N2O3S. The average molecular weight is 422 g/mol. The molecule has 1 aliphatic rings. The summed E-state index contributed by atoms with van der Waals surface area (Å²) in [6.07, 6.45) is 1.50. The zero-order chi connectivity index (χ0) is 21.2. The van der Waals surface area contributed by atoms with Gasteiger partial charge in [-0.1, -0.05) is 32.0 Å². The lowest BCUT2D eigenvalue weighted by Crippen LogP contribution is -2.34. The highest BCUT2D eigenvalue weighted by Gasteiger charge is 2.35. The standard InChI is InChI=1S/C21H24F2N2O3S/c1-3-24(4-2)29(27,28)17-11-12-20(23)18(13-17)21(26)25(16-9-10-16)14-15-7-5-6-8-19(15)22/h5-8,11-13,16H,3-4,9-10,14H2,1-2H3. The topological polar surface area (TPSA) is 57.7 Å². The van der Waals surface area contributed by atoms with Crippen molar-refractivity contribution in [1.82, 2.24) is 9.21 Å². The molecule has 0 N–H and O–H groups in total. The predicted molar refractivity (Wildman–Crippen MR) is 106 cm³/mol. The van der Waals surface area contributed by atoms with E-state index >= 15 is 0 Å². The van der Waals surface area contributed by atoms with Crippen molar-refractivity contribution < 1.29 is 22.0 Å². The summed E-state index contributed by atoms with van der Waals surface area (Å²) in [6, 6.07) is 9.26. The van der Waals surface area contributed by atoms with Crippen molar-refractivity contribution in [3.05, 3.63) is 65.2 Å². The Morgan fingerprint density at radius 1 is 1.03 bits per heavy atom. The highest BCUT2D eigenvalue weighted by atomic mass is 32.2. The van der Waals surface area contributed by atoms with Gasteiger partial charge in [0.2, 0.25) is 10.0 Å². The Morgan fingerprint density at radius 2 is 1.69 bits per heavy atom.